The Hall–Kier alpha value is -6.71. The largest absolute Gasteiger partial charge is 0.453 e. The number of nitrogens with zero attached hydrogens (tertiary/aromatic N) is 5. The van der Waals surface area contributed by atoms with Gasteiger partial charge in [-0.1, -0.05) is 82.1 Å². The molecule has 2 aromatic carbocycles. The molecule has 16 nitrogen and oxygen atoms in total. The van der Waals surface area contributed by atoms with E-state index in [1.165, 1.54) is 43.8 Å². The van der Waals surface area contributed by atoms with E-state index in [1.807, 2.05) is 49.8 Å². The van der Waals surface area contributed by atoms with Crippen LogP contribution in [0.25, 0.3) is 38.8 Å². The number of imidazole rings is 2. The van der Waals surface area contributed by atoms with E-state index in [-0.39, 0.29) is 41.1 Å². The van der Waals surface area contributed by atoms with Crippen LogP contribution in [-0.2, 0) is 25.5 Å². The number of methoxy groups -OCH3 is 2. The summed E-state index contributed by atoms with van der Waals surface area (Å²) in [7, 11) is 2.60. The number of hydrogen-bond donors (Lipinski definition) is 4. The van der Waals surface area contributed by atoms with Gasteiger partial charge in [-0.3, -0.25) is 9.59 Å². The number of benzene rings is 2. The molecule has 4 N–H and O–H groups in total. The van der Waals surface area contributed by atoms with Crippen molar-refractivity contribution in [3.63, 3.8) is 0 Å². The van der Waals surface area contributed by atoms with Gasteiger partial charge in [0.1, 0.15) is 23.7 Å². The molecule has 1 saturated carbocycles. The molecule has 16 heteroatoms. The van der Waals surface area contributed by atoms with Crippen molar-refractivity contribution >= 4 is 51.6 Å². The van der Waals surface area contributed by atoms with Crippen LogP contribution >= 0.6 is 0 Å². The lowest BCUT2D eigenvalue weighted by Crippen LogP contribution is -2.51. The summed E-state index contributed by atoms with van der Waals surface area (Å²) in [5.74, 6) is 0.867. The normalized spacial score (nSPS) is 20.2. The zero-order valence-corrected chi connectivity index (χ0v) is 40.7. The van der Waals surface area contributed by atoms with E-state index >= 15 is 0 Å². The fraction of sp³-hybridized carbons (Fsp3) is 0.491. The zero-order chi connectivity index (χ0) is 48.6. The lowest BCUT2D eigenvalue weighted by molar-refractivity contribution is -0.136. The van der Waals surface area contributed by atoms with Crippen molar-refractivity contribution in [1.82, 2.24) is 45.5 Å². The Morgan fingerprint density at radius 2 is 1.51 bits per heavy atom. The molecule has 0 radical (unpaired) electrons. The molecule has 4 unspecified atom stereocenters. The first-order valence-electron chi connectivity index (χ1n) is 24.6. The van der Waals surface area contributed by atoms with Crippen molar-refractivity contribution in [2.24, 2.45) is 17.3 Å². The number of likely N-dealkylation sites (tertiary alicyclic amines) is 2. The van der Waals surface area contributed by atoms with Crippen molar-refractivity contribution in [2.45, 2.75) is 122 Å². The Labute approximate surface area is 402 Å². The standard InChI is InChI=1S/C53H65N9O7/c1-8-13-35(33-17-19-38-39(27-33)57-48(56-38)42-15-12-25-62(42)50(64)45(31(4)5)60-52(66)68-7)43-34(20-23-53(43)21-9-10-22-53)26-32-16-18-36(46-37(32)28-55-69-46)40-29-54-47(58-40)41-14-11-24-61(41)49(63)44(30(2)3)59-51(65)67-6/h8,13,16-19,27-31,41-42,44-45H,1,9-12,14-15,20-26H2,2-7H3,(H,54,58)(H,56,57)(H,59,65)(H,60,66)/b35-13-. The van der Waals surface area contributed by atoms with E-state index in [0.717, 1.165) is 102 Å². The van der Waals surface area contributed by atoms with E-state index in [2.05, 4.69) is 68.7 Å². The molecule has 1 spiro atoms. The number of aromatic amines is 2. The molecule has 364 valence electrons. The minimum absolute atomic E-state index is 0.0638. The number of carbonyl (C=O) groups is 4. The third kappa shape index (κ3) is 9.05. The minimum Gasteiger partial charge on any atom is -0.453 e. The van der Waals surface area contributed by atoms with Crippen molar-refractivity contribution in [3.05, 3.63) is 95.4 Å². The maximum atomic E-state index is 13.9. The number of aromatic nitrogens is 5. The molecule has 5 aromatic rings. The molecule has 5 heterocycles. The molecule has 9 rings (SSSR count). The third-order valence-corrected chi connectivity index (χ3v) is 15.1. The summed E-state index contributed by atoms with van der Waals surface area (Å²) in [4.78, 5) is 72.7. The smallest absolute Gasteiger partial charge is 0.407 e. The van der Waals surface area contributed by atoms with Crippen LogP contribution in [0.2, 0.25) is 0 Å². The average molecular weight is 940 g/mol. The molecule has 4 aliphatic rings. The van der Waals surface area contributed by atoms with Crippen LogP contribution < -0.4 is 10.6 Å². The zero-order valence-electron chi connectivity index (χ0n) is 40.7. The first-order chi connectivity index (χ1) is 33.3. The predicted molar refractivity (Wildman–Crippen MR) is 262 cm³/mol. The Bertz CT molecular complexity index is 2830. The molecule has 0 bridgehead atoms. The molecule has 4 amide bonds. The van der Waals surface area contributed by atoms with Gasteiger partial charge in [-0.05, 0) is 116 Å². The van der Waals surface area contributed by atoms with E-state index < -0.39 is 24.3 Å². The molecular weight excluding hydrogens is 875 g/mol. The van der Waals surface area contributed by atoms with Gasteiger partial charge in [-0.15, -0.1) is 0 Å². The number of carbonyl (C=O) groups excluding carboxylic acids is 4. The molecule has 2 aliphatic heterocycles. The highest BCUT2D eigenvalue weighted by molar-refractivity contribution is 5.94. The van der Waals surface area contributed by atoms with Crippen molar-refractivity contribution in [3.8, 4) is 11.3 Å². The maximum absolute atomic E-state index is 13.9. The van der Waals surface area contributed by atoms with E-state index in [9.17, 15) is 19.2 Å². The van der Waals surface area contributed by atoms with Gasteiger partial charge < -0.3 is 44.4 Å². The molecule has 2 aliphatic carbocycles. The number of rotatable bonds is 14. The molecular formula is C53H65N9O7. The van der Waals surface area contributed by atoms with E-state index in [0.29, 0.717) is 24.5 Å². The van der Waals surface area contributed by atoms with E-state index in [4.69, 9.17) is 24.0 Å². The Morgan fingerprint density at radius 1 is 0.855 bits per heavy atom. The van der Waals surface area contributed by atoms with Crippen molar-refractivity contribution in [1.29, 1.82) is 0 Å². The van der Waals surface area contributed by atoms with Gasteiger partial charge in [0.2, 0.25) is 11.8 Å². The fourth-order valence-electron chi connectivity index (χ4n) is 11.7. The molecule has 3 aromatic heterocycles. The number of amides is 4. The number of allylic oxidation sites excluding steroid dienone is 5. The monoisotopic (exact) mass is 940 g/mol. The summed E-state index contributed by atoms with van der Waals surface area (Å²) < 4.78 is 15.7. The third-order valence-electron chi connectivity index (χ3n) is 15.1. The van der Waals surface area contributed by atoms with Crippen LogP contribution in [-0.4, -0.2) is 98.3 Å². The van der Waals surface area contributed by atoms with Gasteiger partial charge in [0.05, 0.1) is 55.4 Å². The fourth-order valence-corrected chi connectivity index (χ4v) is 11.7. The Balaban J connectivity index is 1.00. The van der Waals surface area contributed by atoms with Gasteiger partial charge in [0.15, 0.2) is 5.58 Å². The highest BCUT2D eigenvalue weighted by Gasteiger charge is 2.45. The molecule has 2 saturated heterocycles. The second-order valence-electron chi connectivity index (χ2n) is 19.9. The molecule has 3 fully saturated rings. The number of H-pyrrole nitrogens is 2. The van der Waals surface area contributed by atoms with Crippen LogP contribution in [0.3, 0.4) is 0 Å². The van der Waals surface area contributed by atoms with Crippen molar-refractivity contribution in [2.75, 3.05) is 27.3 Å². The quantitative estimate of drug-likeness (QED) is 0.0777. The van der Waals surface area contributed by atoms with Crippen LogP contribution in [0.15, 0.2) is 77.1 Å². The summed E-state index contributed by atoms with van der Waals surface area (Å²) in [5.41, 5.74) is 10.3. The molecule has 4 atom stereocenters. The topological polar surface area (TPSA) is 201 Å². The van der Waals surface area contributed by atoms with Crippen LogP contribution in [0.4, 0.5) is 9.59 Å². The molecule has 69 heavy (non-hydrogen) atoms. The second kappa shape index (κ2) is 19.7. The summed E-state index contributed by atoms with van der Waals surface area (Å²) >= 11 is 0. The van der Waals surface area contributed by atoms with Gasteiger partial charge in [-0.2, -0.15) is 0 Å². The highest BCUT2D eigenvalue weighted by atomic mass is 16.5. The summed E-state index contributed by atoms with van der Waals surface area (Å²) in [5, 5.41) is 10.7. The van der Waals surface area contributed by atoms with Crippen LogP contribution in [0.5, 0.6) is 0 Å². The van der Waals surface area contributed by atoms with Gasteiger partial charge in [0, 0.05) is 24.0 Å². The lowest BCUT2D eigenvalue weighted by Gasteiger charge is -2.30. The number of fused-ring (bicyclic) bond motifs is 2. The van der Waals surface area contributed by atoms with Crippen LogP contribution in [0, 0.1) is 17.3 Å². The Morgan fingerprint density at radius 3 is 2.13 bits per heavy atom. The number of nitrogens with one attached hydrogen (secondary N) is 4. The summed E-state index contributed by atoms with van der Waals surface area (Å²) in [6, 6.07) is 8.74. The average Bonchev–Trinajstić information content (AvgIpc) is 4.21. The van der Waals surface area contributed by atoms with Crippen LogP contribution in [0.1, 0.15) is 127 Å². The summed E-state index contributed by atoms with van der Waals surface area (Å²) in [6.45, 7) is 13.0. The first kappa shape index (κ1) is 47.4. The number of alkyl carbamates (subject to hydrolysis) is 2. The SMILES string of the molecule is C=C/C=C(\C1=C(Cc2ccc(-c3cnc(C4CCCN4C(=O)C(NC(=O)OC)C(C)C)[nH]3)c3oncc23)CCC12CCCC2)c1ccc2nc(C3CCCN3C(=O)C(NC(=O)OC)C(C)C)[nH]c2c1. The van der Waals surface area contributed by atoms with Crippen molar-refractivity contribution < 1.29 is 33.2 Å². The van der Waals surface area contributed by atoms with Gasteiger partial charge in [-0.25, -0.2) is 19.6 Å². The maximum Gasteiger partial charge on any atom is 0.407 e. The Kier molecular flexibility index (Phi) is 13.5. The highest BCUT2D eigenvalue weighted by Crippen LogP contribution is 2.58. The minimum atomic E-state index is -0.721. The number of ether oxygens (including phenoxy) is 2. The predicted octanol–water partition coefficient (Wildman–Crippen LogP) is 9.65. The first-order valence-corrected chi connectivity index (χ1v) is 24.6. The lowest BCUT2D eigenvalue weighted by atomic mass is 9.74. The van der Waals surface area contributed by atoms with E-state index in [1.54, 1.807) is 6.20 Å². The second-order valence-corrected chi connectivity index (χ2v) is 19.9. The van der Waals surface area contributed by atoms with Gasteiger partial charge >= 0.3 is 12.2 Å². The summed E-state index contributed by atoms with van der Waals surface area (Å²) in [6.07, 6.45) is 17.0. The van der Waals surface area contributed by atoms with Gasteiger partial charge in [0.25, 0.3) is 0 Å². The number of hydrogen-bond acceptors (Lipinski definition) is 10.